The molecule has 0 unspecified atom stereocenters. The minimum absolute atomic E-state index is 0.251. The summed E-state index contributed by atoms with van der Waals surface area (Å²) in [5.74, 6) is -0.0934. The Morgan fingerprint density at radius 2 is 1.83 bits per heavy atom. The number of hydrogen-bond acceptors (Lipinski definition) is 3. The number of halogens is 1. The fourth-order valence-corrected chi connectivity index (χ4v) is 2.71. The molecule has 1 heterocycles. The molecule has 0 bridgehead atoms. The average molecular weight is 333 g/mol. The highest BCUT2D eigenvalue weighted by Crippen LogP contribution is 2.36. The molecule has 0 radical (unpaired) electrons. The minimum Gasteiger partial charge on any atom is -0.399 e. The van der Waals surface area contributed by atoms with E-state index in [1.165, 1.54) is 6.07 Å². The van der Waals surface area contributed by atoms with E-state index in [1.54, 1.807) is 13.0 Å². The Bertz CT molecular complexity index is 654. The van der Waals surface area contributed by atoms with Gasteiger partial charge in [-0.3, -0.25) is 4.79 Å². The predicted octanol–water partition coefficient (Wildman–Crippen LogP) is 2.57. The van der Waals surface area contributed by atoms with Gasteiger partial charge < -0.3 is 14.6 Å². The number of hydrogen-bond donors (Lipinski definition) is 1. The van der Waals surface area contributed by atoms with Crippen LogP contribution in [0.2, 0.25) is 0 Å². The Morgan fingerprint density at radius 3 is 2.38 bits per heavy atom. The summed E-state index contributed by atoms with van der Waals surface area (Å²) in [6.45, 7) is 10.1. The molecule has 0 aromatic heterocycles. The summed E-state index contributed by atoms with van der Waals surface area (Å²) in [7, 11) is -0.680. The van der Waals surface area contributed by atoms with Crippen LogP contribution in [0.4, 0.5) is 4.39 Å². The van der Waals surface area contributed by atoms with E-state index in [0.29, 0.717) is 29.1 Å². The second kappa shape index (κ2) is 5.85. The van der Waals surface area contributed by atoms with Gasteiger partial charge in [-0.2, -0.15) is 0 Å². The van der Waals surface area contributed by atoms with E-state index < -0.39 is 24.1 Å². The van der Waals surface area contributed by atoms with Gasteiger partial charge in [0.2, 0.25) is 0 Å². The Labute approximate surface area is 143 Å². The lowest BCUT2D eigenvalue weighted by molar-refractivity contribution is 0.00578. The van der Waals surface area contributed by atoms with Gasteiger partial charge in [0.15, 0.2) is 0 Å². The van der Waals surface area contributed by atoms with Gasteiger partial charge in [-0.05, 0) is 76.5 Å². The molecule has 2 aliphatic rings. The highest BCUT2D eigenvalue weighted by atomic mass is 19.1. The van der Waals surface area contributed by atoms with Gasteiger partial charge in [0.25, 0.3) is 5.91 Å². The van der Waals surface area contributed by atoms with Crippen LogP contribution in [0.5, 0.6) is 0 Å². The van der Waals surface area contributed by atoms with Gasteiger partial charge in [-0.25, -0.2) is 4.39 Å². The molecule has 6 heteroatoms. The van der Waals surface area contributed by atoms with Gasteiger partial charge in [0.05, 0.1) is 11.2 Å². The van der Waals surface area contributed by atoms with Crippen LogP contribution in [0.15, 0.2) is 12.1 Å². The molecule has 1 aliphatic carbocycles. The number of carbonyl (C=O) groups excluding carboxylic acids is 1. The van der Waals surface area contributed by atoms with Gasteiger partial charge in [-0.1, -0.05) is 0 Å². The molecule has 0 spiro atoms. The molecular weight excluding hydrogens is 308 g/mol. The third-order valence-corrected chi connectivity index (χ3v) is 5.40. The smallest absolute Gasteiger partial charge is 0.399 e. The molecule has 1 saturated heterocycles. The zero-order valence-electron chi connectivity index (χ0n) is 15.0. The summed E-state index contributed by atoms with van der Waals surface area (Å²) in [4.78, 5) is 12.3. The number of nitrogens with one attached hydrogen (secondary N) is 1. The fourth-order valence-electron chi connectivity index (χ4n) is 2.71. The van der Waals surface area contributed by atoms with Crippen molar-refractivity contribution >= 4 is 18.5 Å². The monoisotopic (exact) mass is 333 g/mol. The summed E-state index contributed by atoms with van der Waals surface area (Å²) in [5, 5.41) is 2.87. The third kappa shape index (κ3) is 3.22. The summed E-state index contributed by atoms with van der Waals surface area (Å²) < 4.78 is 26.4. The van der Waals surface area contributed by atoms with E-state index in [9.17, 15) is 9.18 Å². The summed E-state index contributed by atoms with van der Waals surface area (Å²) >= 11 is 0. The molecule has 3 rings (SSSR count). The Balaban J connectivity index is 1.86. The normalized spacial score (nSPS) is 21.8. The second-order valence-corrected chi connectivity index (χ2v) is 7.91. The lowest BCUT2D eigenvalue weighted by Crippen LogP contribution is -2.41. The molecule has 1 aliphatic heterocycles. The van der Waals surface area contributed by atoms with E-state index in [2.05, 4.69) is 5.32 Å². The Morgan fingerprint density at radius 1 is 1.25 bits per heavy atom. The molecular formula is C18H25BFNO3. The molecule has 1 aromatic rings. The molecule has 1 saturated carbocycles. The number of carbonyl (C=O) groups is 1. The van der Waals surface area contributed by atoms with Crippen molar-refractivity contribution in [3.63, 3.8) is 0 Å². The van der Waals surface area contributed by atoms with Crippen molar-refractivity contribution in [2.45, 2.75) is 58.7 Å². The predicted molar refractivity (Wildman–Crippen MR) is 91.9 cm³/mol. The van der Waals surface area contributed by atoms with Crippen LogP contribution in [0.25, 0.3) is 0 Å². The second-order valence-electron chi connectivity index (χ2n) is 7.91. The Kier molecular flexibility index (Phi) is 4.25. The van der Waals surface area contributed by atoms with E-state index >= 15 is 0 Å². The fraction of sp³-hybridized carbons (Fsp3) is 0.611. The van der Waals surface area contributed by atoms with Crippen LogP contribution in [0, 0.1) is 18.7 Å². The van der Waals surface area contributed by atoms with Crippen molar-refractivity contribution in [3.05, 3.63) is 29.1 Å². The first-order valence-corrected chi connectivity index (χ1v) is 8.54. The van der Waals surface area contributed by atoms with Crippen molar-refractivity contribution < 1.29 is 18.5 Å². The van der Waals surface area contributed by atoms with Crippen molar-refractivity contribution in [1.82, 2.24) is 5.32 Å². The first-order valence-electron chi connectivity index (χ1n) is 8.54. The van der Waals surface area contributed by atoms with E-state index in [1.807, 2.05) is 27.7 Å². The standard InChI is InChI=1S/C18H25BFNO3/c1-11-14(19-23-17(2,3)18(4,5)24-19)8-13(9-15(11)20)16(22)21-10-12-6-7-12/h8-9,12H,6-7,10H2,1-5H3,(H,21,22). The lowest BCUT2D eigenvalue weighted by Gasteiger charge is -2.32. The third-order valence-electron chi connectivity index (χ3n) is 5.40. The van der Waals surface area contributed by atoms with Crippen LogP contribution in [-0.2, 0) is 9.31 Å². The maximum atomic E-state index is 14.4. The SMILES string of the molecule is Cc1c(F)cc(C(=O)NCC2CC2)cc1B1OC(C)(C)C(C)(C)O1. The van der Waals surface area contributed by atoms with E-state index in [4.69, 9.17) is 9.31 Å². The van der Waals surface area contributed by atoms with Crippen molar-refractivity contribution in [3.8, 4) is 0 Å². The molecule has 24 heavy (non-hydrogen) atoms. The van der Waals surface area contributed by atoms with E-state index in [-0.39, 0.29) is 5.91 Å². The van der Waals surface area contributed by atoms with Crippen LogP contribution in [-0.4, -0.2) is 30.8 Å². The van der Waals surface area contributed by atoms with Crippen molar-refractivity contribution in [2.24, 2.45) is 5.92 Å². The Hall–Kier alpha value is -1.40. The maximum absolute atomic E-state index is 14.4. The summed E-state index contributed by atoms with van der Waals surface area (Å²) in [6.07, 6.45) is 2.31. The van der Waals surface area contributed by atoms with Gasteiger partial charge in [0, 0.05) is 12.1 Å². The number of benzene rings is 1. The molecule has 1 amide bonds. The first kappa shape index (κ1) is 17.4. The molecule has 1 N–H and O–H groups in total. The van der Waals surface area contributed by atoms with Crippen molar-refractivity contribution in [1.29, 1.82) is 0 Å². The zero-order valence-corrected chi connectivity index (χ0v) is 15.0. The molecule has 130 valence electrons. The zero-order chi connectivity index (χ0) is 17.7. The largest absolute Gasteiger partial charge is 0.495 e. The first-order chi connectivity index (χ1) is 11.1. The number of amides is 1. The highest BCUT2D eigenvalue weighted by Gasteiger charge is 2.52. The van der Waals surface area contributed by atoms with E-state index in [0.717, 1.165) is 12.8 Å². The van der Waals surface area contributed by atoms with Gasteiger partial charge >= 0.3 is 7.12 Å². The van der Waals surface area contributed by atoms with Crippen molar-refractivity contribution in [2.75, 3.05) is 6.54 Å². The average Bonchev–Trinajstić information content (AvgIpc) is 3.26. The number of rotatable bonds is 4. The molecule has 2 fully saturated rings. The van der Waals surface area contributed by atoms with Crippen LogP contribution in [0.3, 0.4) is 0 Å². The van der Waals surface area contributed by atoms with Crippen LogP contribution >= 0.6 is 0 Å². The minimum atomic E-state index is -0.680. The van der Waals surface area contributed by atoms with Gasteiger partial charge in [-0.15, -0.1) is 0 Å². The quantitative estimate of drug-likeness (QED) is 0.862. The molecule has 1 aromatic carbocycles. The maximum Gasteiger partial charge on any atom is 0.495 e. The summed E-state index contributed by atoms with van der Waals surface area (Å²) in [5.41, 5.74) is 0.316. The topological polar surface area (TPSA) is 47.6 Å². The van der Waals surface area contributed by atoms with Crippen LogP contribution in [0.1, 0.15) is 56.5 Å². The molecule has 0 atom stereocenters. The highest BCUT2D eigenvalue weighted by molar-refractivity contribution is 6.62. The summed E-state index contributed by atoms with van der Waals surface area (Å²) in [6, 6.07) is 2.97. The van der Waals surface area contributed by atoms with Crippen LogP contribution < -0.4 is 10.8 Å². The molecule has 4 nitrogen and oxygen atoms in total. The van der Waals surface area contributed by atoms with Gasteiger partial charge in [0.1, 0.15) is 5.82 Å². The lowest BCUT2D eigenvalue weighted by atomic mass is 9.75.